The molecule has 0 amide bonds. The number of nitrogens with one attached hydrogen (secondary N) is 1. The van der Waals surface area contributed by atoms with Crippen LogP contribution >= 0.6 is 0 Å². The van der Waals surface area contributed by atoms with Crippen molar-refractivity contribution in [1.82, 2.24) is 9.97 Å². The minimum atomic E-state index is 0.687. The summed E-state index contributed by atoms with van der Waals surface area (Å²) in [7, 11) is 0. The highest BCUT2D eigenvalue weighted by atomic mass is 14.9. The highest BCUT2D eigenvalue weighted by Gasteiger charge is 1.99. The first kappa shape index (κ1) is 8.97. The van der Waals surface area contributed by atoms with Gasteiger partial charge in [0.15, 0.2) is 0 Å². The van der Waals surface area contributed by atoms with E-state index in [1.54, 1.807) is 6.33 Å². The van der Waals surface area contributed by atoms with E-state index in [2.05, 4.69) is 28.2 Å². The van der Waals surface area contributed by atoms with Crippen LogP contribution in [0.4, 0.5) is 0 Å². The maximum atomic E-state index is 5.51. The van der Waals surface area contributed by atoms with E-state index in [0.717, 1.165) is 17.7 Å². The van der Waals surface area contributed by atoms with Crippen LogP contribution < -0.4 is 5.73 Å². The summed E-state index contributed by atoms with van der Waals surface area (Å²) in [5.41, 5.74) is 8.98. The number of imidazole rings is 1. The van der Waals surface area contributed by atoms with Crippen LogP contribution in [0.1, 0.15) is 5.56 Å². The zero-order valence-electron chi connectivity index (χ0n) is 7.90. The highest BCUT2D eigenvalue weighted by Crippen LogP contribution is 2.17. The normalized spacial score (nSPS) is 10.4. The minimum Gasteiger partial charge on any atom is -0.345 e. The molecule has 72 valence electrons. The molecule has 0 spiro atoms. The molecule has 14 heavy (non-hydrogen) atoms. The molecule has 1 aromatic carbocycles. The Hall–Kier alpha value is -1.61. The fourth-order valence-corrected chi connectivity index (χ4v) is 1.47. The predicted molar refractivity (Wildman–Crippen MR) is 56.8 cm³/mol. The summed E-state index contributed by atoms with van der Waals surface area (Å²) in [5, 5.41) is 0. The molecule has 0 atom stereocenters. The van der Waals surface area contributed by atoms with E-state index in [9.17, 15) is 0 Å². The molecule has 0 aliphatic rings. The third-order valence-electron chi connectivity index (χ3n) is 2.17. The Labute approximate surface area is 83.0 Å². The summed E-state index contributed by atoms with van der Waals surface area (Å²) in [4.78, 5) is 7.07. The number of nitrogens with zero attached hydrogens (tertiary/aromatic N) is 1. The van der Waals surface area contributed by atoms with Crippen molar-refractivity contribution in [3.8, 4) is 11.3 Å². The van der Waals surface area contributed by atoms with Crippen molar-refractivity contribution in [3.05, 3.63) is 42.4 Å². The summed E-state index contributed by atoms with van der Waals surface area (Å²) in [6.07, 6.45) is 4.43. The Kier molecular flexibility index (Phi) is 2.60. The Morgan fingerprint density at radius 2 is 2.29 bits per heavy atom. The van der Waals surface area contributed by atoms with Crippen LogP contribution in [0.2, 0.25) is 0 Å². The lowest BCUT2D eigenvalue weighted by molar-refractivity contribution is 0.969. The smallest absolute Gasteiger partial charge is 0.0924 e. The molecule has 0 bridgehead atoms. The van der Waals surface area contributed by atoms with Crippen LogP contribution in [0, 0.1) is 0 Å². The lowest BCUT2D eigenvalue weighted by atomic mass is 10.1. The second kappa shape index (κ2) is 4.07. The maximum Gasteiger partial charge on any atom is 0.0924 e. The molecular formula is C11H13N3. The van der Waals surface area contributed by atoms with Crippen molar-refractivity contribution >= 4 is 0 Å². The van der Waals surface area contributed by atoms with Crippen LogP contribution in [0.5, 0.6) is 0 Å². The molecule has 0 radical (unpaired) electrons. The zero-order valence-corrected chi connectivity index (χ0v) is 7.90. The molecule has 0 unspecified atom stereocenters. The molecule has 0 saturated heterocycles. The second-order valence-electron chi connectivity index (χ2n) is 3.20. The van der Waals surface area contributed by atoms with Crippen molar-refractivity contribution in [3.63, 3.8) is 0 Å². The number of benzene rings is 1. The topological polar surface area (TPSA) is 54.7 Å². The molecule has 3 nitrogen and oxygen atoms in total. The predicted octanol–water partition coefficient (Wildman–Crippen LogP) is 1.58. The van der Waals surface area contributed by atoms with E-state index in [1.807, 2.05) is 12.3 Å². The van der Waals surface area contributed by atoms with E-state index in [-0.39, 0.29) is 0 Å². The molecule has 0 fully saturated rings. The Balaban J connectivity index is 2.31. The first-order valence-electron chi connectivity index (χ1n) is 4.68. The van der Waals surface area contributed by atoms with Gasteiger partial charge in [0.05, 0.1) is 18.2 Å². The monoisotopic (exact) mass is 187 g/mol. The number of H-pyrrole nitrogens is 1. The second-order valence-corrected chi connectivity index (χ2v) is 3.20. The summed E-state index contributed by atoms with van der Waals surface area (Å²) in [6.45, 7) is 0.687. The zero-order chi connectivity index (χ0) is 9.80. The molecule has 3 N–H and O–H groups in total. The fourth-order valence-electron chi connectivity index (χ4n) is 1.47. The first-order chi connectivity index (χ1) is 6.90. The third kappa shape index (κ3) is 1.83. The fraction of sp³-hybridized carbons (Fsp3) is 0.182. The van der Waals surface area contributed by atoms with Gasteiger partial charge in [-0.2, -0.15) is 0 Å². The van der Waals surface area contributed by atoms with Gasteiger partial charge >= 0.3 is 0 Å². The number of hydrogen-bond acceptors (Lipinski definition) is 2. The molecule has 2 rings (SSSR count). The summed E-state index contributed by atoms with van der Waals surface area (Å²) >= 11 is 0. The van der Waals surface area contributed by atoms with E-state index in [4.69, 9.17) is 5.73 Å². The Morgan fingerprint density at radius 3 is 3.00 bits per heavy atom. The van der Waals surface area contributed by atoms with E-state index in [0.29, 0.717) is 6.54 Å². The minimum absolute atomic E-state index is 0.687. The standard InChI is InChI=1S/C11H13N3/c12-5-4-9-2-1-3-10(6-9)11-7-13-8-14-11/h1-3,6-8H,4-5,12H2,(H,13,14). The molecule has 0 aliphatic heterocycles. The summed E-state index contributed by atoms with van der Waals surface area (Å²) in [5.74, 6) is 0. The first-order valence-corrected chi connectivity index (χ1v) is 4.68. The maximum absolute atomic E-state index is 5.51. The van der Waals surface area contributed by atoms with Crippen LogP contribution in [0.25, 0.3) is 11.3 Å². The van der Waals surface area contributed by atoms with E-state index in [1.165, 1.54) is 5.56 Å². The van der Waals surface area contributed by atoms with Gasteiger partial charge in [-0.1, -0.05) is 18.2 Å². The van der Waals surface area contributed by atoms with E-state index < -0.39 is 0 Å². The van der Waals surface area contributed by atoms with Gasteiger partial charge in [0.25, 0.3) is 0 Å². The molecule has 0 saturated carbocycles. The molecule has 0 aliphatic carbocycles. The Bertz CT molecular complexity index is 393. The number of hydrogen-bond donors (Lipinski definition) is 2. The van der Waals surface area contributed by atoms with Gasteiger partial charge in [-0.25, -0.2) is 4.98 Å². The van der Waals surface area contributed by atoms with Gasteiger partial charge in [-0.15, -0.1) is 0 Å². The third-order valence-corrected chi connectivity index (χ3v) is 2.17. The largest absolute Gasteiger partial charge is 0.345 e. The van der Waals surface area contributed by atoms with Crippen LogP contribution in [-0.4, -0.2) is 16.5 Å². The average Bonchev–Trinajstić information content (AvgIpc) is 2.71. The number of aromatic amines is 1. The van der Waals surface area contributed by atoms with Crippen LogP contribution in [0.15, 0.2) is 36.8 Å². The Morgan fingerprint density at radius 1 is 1.36 bits per heavy atom. The lowest BCUT2D eigenvalue weighted by Gasteiger charge is -2.01. The van der Waals surface area contributed by atoms with Gasteiger partial charge in [-0.05, 0) is 30.2 Å². The van der Waals surface area contributed by atoms with Crippen molar-refractivity contribution in [1.29, 1.82) is 0 Å². The van der Waals surface area contributed by atoms with Crippen molar-refractivity contribution < 1.29 is 0 Å². The number of nitrogens with two attached hydrogens (primary N) is 1. The van der Waals surface area contributed by atoms with Crippen LogP contribution in [-0.2, 0) is 6.42 Å². The average molecular weight is 187 g/mol. The van der Waals surface area contributed by atoms with Crippen LogP contribution in [0.3, 0.4) is 0 Å². The summed E-state index contributed by atoms with van der Waals surface area (Å²) in [6, 6.07) is 8.34. The molecule has 2 aromatic rings. The van der Waals surface area contributed by atoms with Gasteiger partial charge in [0, 0.05) is 0 Å². The van der Waals surface area contributed by atoms with Gasteiger partial charge in [0.1, 0.15) is 0 Å². The quantitative estimate of drug-likeness (QED) is 0.766. The van der Waals surface area contributed by atoms with Crippen molar-refractivity contribution in [2.24, 2.45) is 5.73 Å². The SMILES string of the molecule is NCCc1cccc(-c2cnc[nH]2)c1. The van der Waals surface area contributed by atoms with E-state index >= 15 is 0 Å². The van der Waals surface area contributed by atoms with Gasteiger partial charge in [0.2, 0.25) is 0 Å². The molecule has 1 aromatic heterocycles. The van der Waals surface area contributed by atoms with Gasteiger partial charge in [-0.3, -0.25) is 0 Å². The highest BCUT2D eigenvalue weighted by molar-refractivity contribution is 5.58. The number of rotatable bonds is 3. The lowest BCUT2D eigenvalue weighted by Crippen LogP contribution is -2.02. The molecule has 3 heteroatoms. The molecular weight excluding hydrogens is 174 g/mol. The van der Waals surface area contributed by atoms with Gasteiger partial charge < -0.3 is 10.7 Å². The molecule has 1 heterocycles. The van der Waals surface area contributed by atoms with Crippen molar-refractivity contribution in [2.45, 2.75) is 6.42 Å². The summed E-state index contributed by atoms with van der Waals surface area (Å²) < 4.78 is 0. The van der Waals surface area contributed by atoms with Crippen molar-refractivity contribution in [2.75, 3.05) is 6.54 Å². The number of aromatic nitrogens is 2.